The van der Waals surface area contributed by atoms with E-state index >= 15 is 0 Å². The number of phenols is 1. The average molecular weight is 291 g/mol. The predicted octanol–water partition coefficient (Wildman–Crippen LogP) is 0.543. The van der Waals surface area contributed by atoms with Crippen molar-refractivity contribution < 1.29 is 19.4 Å². The summed E-state index contributed by atoms with van der Waals surface area (Å²) in [6.07, 6.45) is 2.79. The first-order valence-electron chi connectivity index (χ1n) is 6.26. The maximum Gasteiger partial charge on any atom is 0.329 e. The molecule has 0 saturated heterocycles. The van der Waals surface area contributed by atoms with Crippen LogP contribution >= 0.6 is 0 Å². The van der Waals surface area contributed by atoms with Crippen molar-refractivity contribution in [2.24, 2.45) is 5.10 Å². The molecule has 0 unspecified atom stereocenters. The van der Waals surface area contributed by atoms with Crippen LogP contribution in [0.5, 0.6) is 11.5 Å². The van der Waals surface area contributed by atoms with E-state index in [4.69, 9.17) is 4.74 Å². The number of nitrogens with zero attached hydrogens (tertiary/aromatic N) is 1. The normalized spacial score (nSPS) is 10.1. The minimum atomic E-state index is -0.878. The minimum absolute atomic E-state index is 0.0156. The lowest BCUT2D eigenvalue weighted by Gasteiger charge is -2.06. The lowest BCUT2D eigenvalue weighted by atomic mass is 10.2. The smallest absolute Gasteiger partial charge is 0.329 e. The molecule has 0 bridgehead atoms. The highest BCUT2D eigenvalue weighted by Gasteiger charge is 2.10. The van der Waals surface area contributed by atoms with Gasteiger partial charge in [0, 0.05) is 6.54 Å². The second-order valence-corrected chi connectivity index (χ2v) is 3.86. The summed E-state index contributed by atoms with van der Waals surface area (Å²) < 4.78 is 5.21. The zero-order valence-electron chi connectivity index (χ0n) is 11.6. The Kier molecular flexibility index (Phi) is 6.46. The van der Waals surface area contributed by atoms with Gasteiger partial charge >= 0.3 is 11.8 Å². The van der Waals surface area contributed by atoms with E-state index in [0.29, 0.717) is 17.9 Å². The Morgan fingerprint density at radius 1 is 1.43 bits per heavy atom. The molecular formula is C14H17N3O4. The Bertz CT molecular complexity index is 555. The van der Waals surface area contributed by atoms with Gasteiger partial charge in [-0.25, -0.2) is 5.43 Å². The van der Waals surface area contributed by atoms with Crippen LogP contribution in [-0.2, 0) is 9.59 Å². The summed E-state index contributed by atoms with van der Waals surface area (Å²) in [5.41, 5.74) is 2.69. The van der Waals surface area contributed by atoms with Crippen molar-refractivity contribution in [2.75, 3.05) is 13.2 Å². The van der Waals surface area contributed by atoms with Gasteiger partial charge in [0.15, 0.2) is 11.5 Å². The number of nitrogens with one attached hydrogen (secondary N) is 2. The van der Waals surface area contributed by atoms with Crippen LogP contribution in [0.4, 0.5) is 0 Å². The Labute approximate surface area is 122 Å². The second-order valence-electron chi connectivity index (χ2n) is 3.86. The highest BCUT2D eigenvalue weighted by atomic mass is 16.5. The first kappa shape index (κ1) is 16.2. The van der Waals surface area contributed by atoms with E-state index in [9.17, 15) is 14.7 Å². The molecule has 0 atom stereocenters. The molecule has 7 heteroatoms. The van der Waals surface area contributed by atoms with Crippen LogP contribution in [0.2, 0.25) is 0 Å². The standard InChI is InChI=1S/C14H17N3O4/c1-3-7-15-13(19)14(20)17-16-9-10-5-6-11(18)12(8-10)21-4-2/h3,5-6,8-9,18H,1,4,7H2,2H3,(H,15,19)(H,17,20)/b16-9+. The van der Waals surface area contributed by atoms with Gasteiger partial charge in [-0.05, 0) is 30.7 Å². The fourth-order valence-corrected chi connectivity index (χ4v) is 1.34. The monoisotopic (exact) mass is 291 g/mol. The number of hydrogen-bond acceptors (Lipinski definition) is 5. The molecule has 0 saturated carbocycles. The Balaban J connectivity index is 2.60. The van der Waals surface area contributed by atoms with Gasteiger partial charge in [0.2, 0.25) is 0 Å². The lowest BCUT2D eigenvalue weighted by Crippen LogP contribution is -2.37. The van der Waals surface area contributed by atoms with Crippen molar-refractivity contribution >= 4 is 18.0 Å². The number of rotatable bonds is 6. The number of amides is 2. The third-order valence-electron chi connectivity index (χ3n) is 2.28. The highest BCUT2D eigenvalue weighted by Crippen LogP contribution is 2.25. The summed E-state index contributed by atoms with van der Waals surface area (Å²) in [7, 11) is 0. The van der Waals surface area contributed by atoms with Crippen LogP contribution in [-0.4, -0.2) is 36.3 Å². The zero-order valence-corrected chi connectivity index (χ0v) is 11.6. The fourth-order valence-electron chi connectivity index (χ4n) is 1.34. The fraction of sp³-hybridized carbons (Fsp3) is 0.214. The van der Waals surface area contributed by atoms with Gasteiger partial charge in [0.05, 0.1) is 12.8 Å². The zero-order chi connectivity index (χ0) is 15.7. The number of hydrazone groups is 1. The minimum Gasteiger partial charge on any atom is -0.504 e. The van der Waals surface area contributed by atoms with E-state index in [0.717, 1.165) is 0 Å². The molecule has 112 valence electrons. The molecule has 0 aliphatic rings. The van der Waals surface area contributed by atoms with Crippen LogP contribution in [0.25, 0.3) is 0 Å². The molecule has 21 heavy (non-hydrogen) atoms. The van der Waals surface area contributed by atoms with Crippen LogP contribution in [0, 0.1) is 0 Å². The Hall–Kier alpha value is -2.83. The van der Waals surface area contributed by atoms with Crippen molar-refractivity contribution in [3.63, 3.8) is 0 Å². The molecular weight excluding hydrogens is 274 g/mol. The van der Waals surface area contributed by atoms with Gasteiger partial charge in [0.1, 0.15) is 0 Å². The molecule has 0 heterocycles. The molecule has 0 aliphatic carbocycles. The van der Waals surface area contributed by atoms with Crippen LogP contribution in [0.15, 0.2) is 36.0 Å². The molecule has 0 spiro atoms. The van der Waals surface area contributed by atoms with E-state index in [-0.39, 0.29) is 12.3 Å². The van der Waals surface area contributed by atoms with Gasteiger partial charge in [-0.1, -0.05) is 6.08 Å². The SMILES string of the molecule is C=CCNC(=O)C(=O)N/N=C/c1ccc(O)c(OCC)c1. The summed E-state index contributed by atoms with van der Waals surface area (Å²) in [6, 6.07) is 4.60. The summed E-state index contributed by atoms with van der Waals surface area (Å²) >= 11 is 0. The van der Waals surface area contributed by atoms with E-state index < -0.39 is 11.8 Å². The molecule has 0 aliphatic heterocycles. The average Bonchev–Trinajstić information content (AvgIpc) is 2.48. The number of phenolic OH excluding ortho intramolecular Hbond substituents is 1. The van der Waals surface area contributed by atoms with Crippen molar-refractivity contribution in [2.45, 2.75) is 6.92 Å². The van der Waals surface area contributed by atoms with E-state index in [1.165, 1.54) is 18.4 Å². The maximum absolute atomic E-state index is 11.3. The van der Waals surface area contributed by atoms with Crippen LogP contribution in [0.3, 0.4) is 0 Å². The molecule has 0 aromatic heterocycles. The van der Waals surface area contributed by atoms with E-state index in [1.54, 1.807) is 19.1 Å². The highest BCUT2D eigenvalue weighted by molar-refractivity contribution is 6.35. The van der Waals surface area contributed by atoms with Crippen molar-refractivity contribution in [3.8, 4) is 11.5 Å². The van der Waals surface area contributed by atoms with E-state index in [2.05, 4.69) is 22.4 Å². The largest absolute Gasteiger partial charge is 0.504 e. The number of carbonyl (C=O) groups is 2. The van der Waals surface area contributed by atoms with Gasteiger partial charge in [-0.2, -0.15) is 5.10 Å². The van der Waals surface area contributed by atoms with Crippen LogP contribution < -0.4 is 15.5 Å². The molecule has 1 aromatic carbocycles. The predicted molar refractivity (Wildman–Crippen MR) is 78.2 cm³/mol. The number of hydrogen-bond donors (Lipinski definition) is 3. The molecule has 3 N–H and O–H groups in total. The third-order valence-corrected chi connectivity index (χ3v) is 2.28. The Morgan fingerprint density at radius 3 is 2.86 bits per heavy atom. The summed E-state index contributed by atoms with van der Waals surface area (Å²) in [6.45, 7) is 5.82. The van der Waals surface area contributed by atoms with Gasteiger partial charge in [-0.15, -0.1) is 6.58 Å². The maximum atomic E-state index is 11.3. The van der Waals surface area contributed by atoms with Crippen molar-refractivity contribution in [1.82, 2.24) is 10.7 Å². The quantitative estimate of drug-likeness (QED) is 0.308. The van der Waals surface area contributed by atoms with Crippen LogP contribution in [0.1, 0.15) is 12.5 Å². The van der Waals surface area contributed by atoms with Gasteiger partial charge < -0.3 is 15.2 Å². The lowest BCUT2D eigenvalue weighted by molar-refractivity contribution is -0.139. The summed E-state index contributed by atoms with van der Waals surface area (Å²) in [4.78, 5) is 22.6. The molecule has 0 fully saturated rings. The molecule has 1 rings (SSSR count). The Morgan fingerprint density at radius 2 is 2.19 bits per heavy atom. The van der Waals surface area contributed by atoms with Gasteiger partial charge in [-0.3, -0.25) is 9.59 Å². The van der Waals surface area contributed by atoms with Gasteiger partial charge in [0.25, 0.3) is 0 Å². The first-order valence-corrected chi connectivity index (χ1v) is 6.26. The summed E-state index contributed by atoms with van der Waals surface area (Å²) in [5.74, 6) is -1.34. The molecule has 7 nitrogen and oxygen atoms in total. The molecule has 2 amide bonds. The second kappa shape index (κ2) is 8.36. The number of benzene rings is 1. The topological polar surface area (TPSA) is 100 Å². The molecule has 1 aromatic rings. The van der Waals surface area contributed by atoms with E-state index in [1.807, 2.05) is 0 Å². The molecule has 0 radical (unpaired) electrons. The first-order chi connectivity index (χ1) is 10.1. The number of ether oxygens (including phenoxy) is 1. The summed E-state index contributed by atoms with van der Waals surface area (Å²) in [5, 5.41) is 15.5. The van der Waals surface area contributed by atoms with Crippen molar-refractivity contribution in [3.05, 3.63) is 36.4 Å². The van der Waals surface area contributed by atoms with Crippen molar-refractivity contribution in [1.29, 1.82) is 0 Å². The number of carbonyl (C=O) groups excluding carboxylic acids is 2. The number of aromatic hydroxyl groups is 1. The third kappa shape index (κ3) is 5.35.